The van der Waals surface area contributed by atoms with E-state index in [1.807, 2.05) is 0 Å². The summed E-state index contributed by atoms with van der Waals surface area (Å²) in [6.45, 7) is 1.68. The van der Waals surface area contributed by atoms with Crippen molar-refractivity contribution in [3.05, 3.63) is 41.5 Å². The fraction of sp³-hybridized carbons (Fsp3) is 0.353. The Balaban J connectivity index is 2.08. The van der Waals surface area contributed by atoms with Gasteiger partial charge in [-0.25, -0.2) is 27.9 Å². The third-order valence-corrected chi connectivity index (χ3v) is 4.17. The van der Waals surface area contributed by atoms with Gasteiger partial charge in [0.1, 0.15) is 11.5 Å². The Kier molecular flexibility index (Phi) is 4.36. The van der Waals surface area contributed by atoms with Crippen LogP contribution in [0.2, 0.25) is 0 Å². The number of hydrogen-bond acceptors (Lipinski definition) is 4. The smallest absolute Gasteiger partial charge is 0.356 e. The second kappa shape index (κ2) is 6.34. The van der Waals surface area contributed by atoms with E-state index < -0.39 is 17.7 Å². The Morgan fingerprint density at radius 2 is 1.76 bits per heavy atom. The average Bonchev–Trinajstić information content (AvgIpc) is 2.55. The minimum atomic E-state index is -2.71. The van der Waals surface area contributed by atoms with E-state index in [1.54, 1.807) is 4.90 Å². The predicted octanol–water partition coefficient (Wildman–Crippen LogP) is 3.52. The van der Waals surface area contributed by atoms with Gasteiger partial charge >= 0.3 is 5.97 Å². The van der Waals surface area contributed by atoms with Gasteiger partial charge in [-0.1, -0.05) is 0 Å². The highest BCUT2D eigenvalue weighted by Crippen LogP contribution is 2.34. The maximum absolute atomic E-state index is 13.4. The zero-order valence-corrected chi connectivity index (χ0v) is 13.5. The molecule has 1 fully saturated rings. The van der Waals surface area contributed by atoms with E-state index in [0.29, 0.717) is 11.4 Å². The highest BCUT2D eigenvalue weighted by molar-refractivity contribution is 5.88. The van der Waals surface area contributed by atoms with Crippen molar-refractivity contribution in [1.82, 2.24) is 9.97 Å². The van der Waals surface area contributed by atoms with Crippen LogP contribution in [0.15, 0.2) is 24.3 Å². The molecular weight excluding hydrogens is 335 g/mol. The van der Waals surface area contributed by atoms with E-state index in [1.165, 1.54) is 31.2 Å². The minimum absolute atomic E-state index is 0.0851. The molecule has 0 radical (unpaired) electrons. The van der Waals surface area contributed by atoms with Crippen molar-refractivity contribution in [2.75, 3.05) is 18.0 Å². The van der Waals surface area contributed by atoms with Gasteiger partial charge in [-0.2, -0.15) is 0 Å². The topological polar surface area (TPSA) is 66.3 Å². The van der Waals surface area contributed by atoms with Crippen LogP contribution >= 0.6 is 0 Å². The van der Waals surface area contributed by atoms with Crippen LogP contribution in [0.5, 0.6) is 0 Å². The van der Waals surface area contributed by atoms with Gasteiger partial charge in [-0.3, -0.25) is 0 Å². The Labute approximate surface area is 142 Å². The molecule has 1 aliphatic heterocycles. The van der Waals surface area contributed by atoms with Gasteiger partial charge in [0, 0.05) is 31.5 Å². The van der Waals surface area contributed by atoms with Gasteiger partial charge in [0.15, 0.2) is 11.5 Å². The van der Waals surface area contributed by atoms with Gasteiger partial charge in [-0.15, -0.1) is 0 Å². The highest BCUT2D eigenvalue weighted by Gasteiger charge is 2.35. The predicted molar refractivity (Wildman–Crippen MR) is 85.5 cm³/mol. The zero-order chi connectivity index (χ0) is 18.2. The molecule has 0 amide bonds. The maximum Gasteiger partial charge on any atom is 0.356 e. The second-order valence-electron chi connectivity index (χ2n) is 5.98. The Morgan fingerprint density at radius 3 is 2.32 bits per heavy atom. The number of carboxylic acids is 1. The Morgan fingerprint density at radius 1 is 1.16 bits per heavy atom. The molecule has 0 bridgehead atoms. The highest BCUT2D eigenvalue weighted by atomic mass is 19.3. The number of carbonyl (C=O) groups is 1. The largest absolute Gasteiger partial charge is 0.476 e. The molecule has 8 heteroatoms. The summed E-state index contributed by atoms with van der Waals surface area (Å²) in [6.07, 6.45) is -0.617. The van der Waals surface area contributed by atoms with Gasteiger partial charge < -0.3 is 10.0 Å². The van der Waals surface area contributed by atoms with E-state index in [2.05, 4.69) is 9.97 Å². The summed E-state index contributed by atoms with van der Waals surface area (Å²) >= 11 is 0. The van der Waals surface area contributed by atoms with Gasteiger partial charge in [0.2, 0.25) is 0 Å². The van der Waals surface area contributed by atoms with Gasteiger partial charge in [0.05, 0.1) is 5.69 Å². The molecule has 5 nitrogen and oxygen atoms in total. The molecule has 132 valence electrons. The number of piperidine rings is 1. The molecule has 0 saturated carbocycles. The lowest BCUT2D eigenvalue weighted by molar-refractivity contribution is -0.0221. The van der Waals surface area contributed by atoms with Crippen molar-refractivity contribution >= 4 is 11.8 Å². The lowest BCUT2D eigenvalue weighted by Gasteiger charge is -2.33. The van der Waals surface area contributed by atoms with E-state index in [-0.39, 0.29) is 43.0 Å². The summed E-state index contributed by atoms with van der Waals surface area (Å²) in [5.41, 5.74) is 0.702. The van der Waals surface area contributed by atoms with Crippen molar-refractivity contribution in [2.45, 2.75) is 25.7 Å². The third kappa shape index (κ3) is 3.57. The van der Waals surface area contributed by atoms with E-state index in [9.17, 15) is 23.1 Å². The van der Waals surface area contributed by atoms with Crippen molar-refractivity contribution in [3.8, 4) is 11.3 Å². The molecule has 2 heterocycles. The number of benzene rings is 1. The number of nitrogens with zero attached hydrogens (tertiary/aromatic N) is 3. The molecule has 3 rings (SSSR count). The third-order valence-electron chi connectivity index (χ3n) is 4.17. The summed E-state index contributed by atoms with van der Waals surface area (Å²) in [6, 6.07) is 5.38. The van der Waals surface area contributed by atoms with Crippen LogP contribution in [0.25, 0.3) is 11.3 Å². The molecular formula is C17H16F3N3O2. The molecule has 1 saturated heterocycles. The summed E-state index contributed by atoms with van der Waals surface area (Å²) in [5, 5.41) is 9.28. The molecule has 0 spiro atoms. The number of hydrogen-bond donors (Lipinski definition) is 1. The van der Waals surface area contributed by atoms with Crippen LogP contribution in [0, 0.1) is 12.7 Å². The average molecular weight is 351 g/mol. The number of aromatic carboxylic acids is 1. The lowest BCUT2D eigenvalue weighted by atomic mass is 10.1. The van der Waals surface area contributed by atoms with Crippen LogP contribution < -0.4 is 4.90 Å². The van der Waals surface area contributed by atoms with Crippen molar-refractivity contribution in [2.24, 2.45) is 0 Å². The number of alkyl halides is 2. The number of carboxylic acid groups (broad SMARTS) is 1. The molecule has 0 aliphatic carbocycles. The number of aromatic nitrogens is 2. The maximum atomic E-state index is 13.4. The standard InChI is InChI=1S/C17H16F3N3O2/c1-10-13(16(24)25)22-14(11-2-4-12(18)5-3-11)15(21-10)23-8-6-17(19,20)7-9-23/h2-5H,6-9H2,1H3,(H,24,25). The monoisotopic (exact) mass is 351 g/mol. The molecule has 1 aromatic heterocycles. The number of rotatable bonds is 3. The number of halogens is 3. The lowest BCUT2D eigenvalue weighted by Crippen LogP contribution is -2.40. The Bertz CT molecular complexity index is 800. The van der Waals surface area contributed by atoms with Crippen LogP contribution in [0.4, 0.5) is 19.0 Å². The fourth-order valence-corrected chi connectivity index (χ4v) is 2.78. The van der Waals surface area contributed by atoms with E-state index in [0.717, 1.165) is 0 Å². The first-order valence-corrected chi connectivity index (χ1v) is 7.77. The zero-order valence-electron chi connectivity index (χ0n) is 13.5. The van der Waals surface area contributed by atoms with Crippen molar-refractivity contribution < 1.29 is 23.1 Å². The van der Waals surface area contributed by atoms with Crippen molar-refractivity contribution in [1.29, 1.82) is 0 Å². The van der Waals surface area contributed by atoms with Crippen LogP contribution in [0.1, 0.15) is 29.0 Å². The van der Waals surface area contributed by atoms with Gasteiger partial charge in [0.25, 0.3) is 5.92 Å². The molecule has 25 heavy (non-hydrogen) atoms. The van der Waals surface area contributed by atoms with Crippen LogP contribution in [0.3, 0.4) is 0 Å². The normalized spacial score (nSPS) is 16.7. The first-order valence-electron chi connectivity index (χ1n) is 7.77. The molecule has 0 unspecified atom stereocenters. The van der Waals surface area contributed by atoms with Crippen LogP contribution in [-0.4, -0.2) is 40.1 Å². The summed E-state index contributed by atoms with van der Waals surface area (Å²) in [4.78, 5) is 21.5. The summed E-state index contributed by atoms with van der Waals surface area (Å²) in [7, 11) is 0. The SMILES string of the molecule is Cc1nc(N2CCC(F)(F)CC2)c(-c2ccc(F)cc2)nc1C(=O)O. The molecule has 1 aromatic carbocycles. The minimum Gasteiger partial charge on any atom is -0.476 e. The number of anilines is 1. The van der Waals surface area contributed by atoms with Gasteiger partial charge in [-0.05, 0) is 31.2 Å². The first kappa shape index (κ1) is 17.2. The van der Waals surface area contributed by atoms with E-state index >= 15 is 0 Å². The van der Waals surface area contributed by atoms with Crippen LogP contribution in [-0.2, 0) is 0 Å². The second-order valence-corrected chi connectivity index (χ2v) is 5.98. The first-order chi connectivity index (χ1) is 11.8. The summed E-state index contributed by atoms with van der Waals surface area (Å²) in [5.74, 6) is -4.05. The summed E-state index contributed by atoms with van der Waals surface area (Å²) < 4.78 is 40.0. The van der Waals surface area contributed by atoms with E-state index in [4.69, 9.17) is 0 Å². The quantitative estimate of drug-likeness (QED) is 0.916. The molecule has 1 N–H and O–H groups in total. The fourth-order valence-electron chi connectivity index (χ4n) is 2.78. The van der Waals surface area contributed by atoms with Crippen molar-refractivity contribution in [3.63, 3.8) is 0 Å². The molecule has 0 atom stereocenters. The number of aryl methyl sites for hydroxylation is 1. The Hall–Kier alpha value is -2.64. The molecule has 2 aromatic rings. The molecule has 1 aliphatic rings.